The number of nitrogens with one attached hydrogen (secondary N) is 2. The molecule has 0 aliphatic rings. The first-order valence-corrected chi connectivity index (χ1v) is 8.49. The Balaban J connectivity index is 1.95. The molecule has 0 aliphatic heterocycles. The third-order valence-corrected chi connectivity index (χ3v) is 3.85. The number of nitrogens with zero attached hydrogens (tertiary/aromatic N) is 4. The van der Waals surface area contributed by atoms with Gasteiger partial charge < -0.3 is 15.4 Å². The molecule has 152 valence electrons. The Labute approximate surface area is 174 Å². The van der Waals surface area contributed by atoms with Gasteiger partial charge in [-0.05, 0) is 30.3 Å². The Kier molecular flexibility index (Phi) is 5.25. The van der Waals surface area contributed by atoms with Gasteiger partial charge in [0.25, 0.3) is 12.3 Å². The van der Waals surface area contributed by atoms with Crippen LogP contribution in [0.1, 0.15) is 20.2 Å². The van der Waals surface area contributed by atoms with Crippen LogP contribution in [0.15, 0.2) is 48.8 Å². The first kappa shape index (κ1) is 16.8. The molecule has 2 aromatic heterocycles. The second kappa shape index (κ2) is 9.38. The number of aromatic nitrogens is 3. The molecular weight excluding hydrogens is 394 g/mol. The first-order chi connectivity index (χ1) is 15.7. The van der Waals surface area contributed by atoms with E-state index in [1.807, 2.05) is 11.4 Å². The number of carbonyl (C=O) groups excluding carboxylic acids is 1. The fourth-order valence-electron chi connectivity index (χ4n) is 2.49. The number of rotatable bonds is 7. The molecule has 30 heavy (non-hydrogen) atoms. The molecule has 0 aliphatic carbocycles. The molecule has 10 heteroatoms. The highest BCUT2D eigenvalue weighted by Crippen LogP contribution is 2.33. The van der Waals surface area contributed by atoms with Crippen LogP contribution in [0.5, 0.6) is 5.75 Å². The van der Waals surface area contributed by atoms with Gasteiger partial charge in [0, 0.05) is 22.8 Å². The van der Waals surface area contributed by atoms with Gasteiger partial charge in [0.05, 0.1) is 28.8 Å². The third-order valence-electron chi connectivity index (χ3n) is 3.85. The maximum Gasteiger partial charge on any atom is 0.273 e. The number of carbonyl (C=O) groups is 1. The van der Waals surface area contributed by atoms with Crippen LogP contribution < -0.4 is 15.4 Å². The third kappa shape index (κ3) is 4.82. The Morgan fingerprint density at radius 2 is 2.17 bits per heavy atom. The van der Waals surface area contributed by atoms with E-state index in [4.69, 9.17) is 14.1 Å². The van der Waals surface area contributed by atoms with E-state index in [1.165, 1.54) is 30.6 Å². The molecule has 8 nitrogen and oxygen atoms in total. The van der Waals surface area contributed by atoms with Gasteiger partial charge in [-0.3, -0.25) is 9.78 Å². The second-order valence-corrected chi connectivity index (χ2v) is 5.83. The summed E-state index contributed by atoms with van der Waals surface area (Å²) in [5.41, 5.74) is 1.35. The SMILES string of the molecule is [2H]C([2H])([2H])NC(=O)c1nnccc1Nc1ccc(-c2ccc(C#N)cn2)cc1OCC(F)F. The molecule has 0 bridgehead atoms. The van der Waals surface area contributed by atoms with Gasteiger partial charge in [0.15, 0.2) is 5.69 Å². The van der Waals surface area contributed by atoms with Crippen molar-refractivity contribution in [1.29, 1.82) is 5.26 Å². The summed E-state index contributed by atoms with van der Waals surface area (Å²) in [4.78, 5) is 16.5. The van der Waals surface area contributed by atoms with Crippen LogP contribution in [0.3, 0.4) is 0 Å². The van der Waals surface area contributed by atoms with Crippen molar-refractivity contribution in [2.24, 2.45) is 0 Å². The average molecular weight is 413 g/mol. The normalized spacial score (nSPS) is 12.3. The summed E-state index contributed by atoms with van der Waals surface area (Å²) >= 11 is 0. The minimum Gasteiger partial charge on any atom is -0.485 e. The van der Waals surface area contributed by atoms with Crippen molar-refractivity contribution in [2.75, 3.05) is 18.9 Å². The van der Waals surface area contributed by atoms with Crippen LogP contribution in [0.4, 0.5) is 20.2 Å². The van der Waals surface area contributed by atoms with Crippen LogP contribution in [0, 0.1) is 11.3 Å². The molecule has 1 amide bonds. The molecule has 0 atom stereocenters. The van der Waals surface area contributed by atoms with Crippen molar-refractivity contribution >= 4 is 17.3 Å². The van der Waals surface area contributed by atoms with Gasteiger partial charge in [-0.2, -0.15) is 10.4 Å². The minimum atomic E-state index is -2.74. The number of pyridine rings is 1. The standard InChI is InChI=1S/C20H16F2N6O2/c1-24-20(29)19-16(6-7-26-28-19)27-15-5-3-13(8-17(15)30-11-18(21)22)14-4-2-12(9-23)10-25-14/h2-8,10,18H,11H2,1H3,(H,24,29)(H,26,27)/i1D3. The van der Waals surface area contributed by atoms with E-state index in [1.54, 1.807) is 18.2 Å². The predicted octanol–water partition coefficient (Wildman–Crippen LogP) is 3.16. The van der Waals surface area contributed by atoms with E-state index in [9.17, 15) is 13.6 Å². The Morgan fingerprint density at radius 3 is 2.87 bits per heavy atom. The fourth-order valence-corrected chi connectivity index (χ4v) is 2.49. The topological polar surface area (TPSA) is 113 Å². The van der Waals surface area contributed by atoms with E-state index < -0.39 is 25.9 Å². The highest BCUT2D eigenvalue weighted by atomic mass is 19.3. The number of nitriles is 1. The predicted molar refractivity (Wildman–Crippen MR) is 105 cm³/mol. The van der Waals surface area contributed by atoms with E-state index in [0.29, 0.717) is 16.8 Å². The number of halogens is 2. The molecule has 0 spiro atoms. The van der Waals surface area contributed by atoms with Gasteiger partial charge in [-0.25, -0.2) is 8.78 Å². The smallest absolute Gasteiger partial charge is 0.273 e. The van der Waals surface area contributed by atoms with Crippen molar-refractivity contribution in [1.82, 2.24) is 20.5 Å². The average Bonchev–Trinajstić information content (AvgIpc) is 2.77. The molecule has 0 saturated heterocycles. The number of amides is 1. The monoisotopic (exact) mass is 413 g/mol. The Bertz CT molecular complexity index is 1180. The number of hydrogen-bond donors (Lipinski definition) is 2. The zero-order valence-corrected chi connectivity index (χ0v) is 15.3. The number of hydrogen-bond acceptors (Lipinski definition) is 7. The molecule has 0 unspecified atom stereocenters. The summed E-state index contributed by atoms with van der Waals surface area (Å²) in [7, 11) is 0. The number of anilines is 2. The van der Waals surface area contributed by atoms with E-state index in [0.717, 1.165) is 0 Å². The van der Waals surface area contributed by atoms with Crippen LogP contribution >= 0.6 is 0 Å². The van der Waals surface area contributed by atoms with Gasteiger partial charge >= 0.3 is 0 Å². The number of alkyl halides is 2. The molecule has 3 aromatic rings. The van der Waals surface area contributed by atoms with E-state index >= 15 is 0 Å². The fraction of sp³-hybridized carbons (Fsp3) is 0.150. The molecule has 0 saturated carbocycles. The molecule has 0 radical (unpaired) electrons. The van der Waals surface area contributed by atoms with E-state index in [-0.39, 0.29) is 22.8 Å². The molecule has 2 N–H and O–H groups in total. The largest absolute Gasteiger partial charge is 0.485 e. The lowest BCUT2D eigenvalue weighted by atomic mass is 10.1. The highest BCUT2D eigenvalue weighted by Gasteiger charge is 2.16. The van der Waals surface area contributed by atoms with Crippen LogP contribution in [-0.4, -0.2) is 41.1 Å². The summed E-state index contributed by atoms with van der Waals surface area (Å²) in [5.74, 6) is -0.975. The molecule has 3 rings (SSSR count). The van der Waals surface area contributed by atoms with Crippen molar-refractivity contribution in [3.8, 4) is 23.1 Å². The van der Waals surface area contributed by atoms with Gasteiger partial charge in [0.1, 0.15) is 18.4 Å². The number of benzene rings is 1. The van der Waals surface area contributed by atoms with Crippen LogP contribution in [0.25, 0.3) is 11.3 Å². The zero-order chi connectivity index (χ0) is 24.0. The molecule has 2 heterocycles. The summed E-state index contributed by atoms with van der Waals surface area (Å²) < 4.78 is 52.4. The lowest BCUT2D eigenvalue weighted by molar-refractivity contribution is 0.0823. The summed E-state index contributed by atoms with van der Waals surface area (Å²) in [5, 5.41) is 20.8. The maximum atomic E-state index is 12.8. The van der Waals surface area contributed by atoms with Gasteiger partial charge in [0.2, 0.25) is 0 Å². The zero-order valence-electron chi connectivity index (χ0n) is 18.3. The Hall–Kier alpha value is -4.13. The molecule has 1 aromatic carbocycles. The number of ether oxygens (including phenoxy) is 1. The maximum absolute atomic E-state index is 12.8. The summed E-state index contributed by atoms with van der Waals surface area (Å²) in [6.07, 6.45) is -0.0965. The summed E-state index contributed by atoms with van der Waals surface area (Å²) in [6, 6.07) is 11.1. The van der Waals surface area contributed by atoms with Crippen molar-refractivity contribution in [3.63, 3.8) is 0 Å². The van der Waals surface area contributed by atoms with Crippen molar-refractivity contribution in [3.05, 3.63) is 60.0 Å². The van der Waals surface area contributed by atoms with E-state index in [2.05, 4.69) is 20.5 Å². The summed E-state index contributed by atoms with van der Waals surface area (Å²) in [6.45, 7) is -3.63. The first-order valence-electron chi connectivity index (χ1n) is 9.99. The quantitative estimate of drug-likeness (QED) is 0.612. The van der Waals surface area contributed by atoms with Crippen LogP contribution in [-0.2, 0) is 0 Å². The lowest BCUT2D eigenvalue weighted by Crippen LogP contribution is -2.21. The molecular formula is C20H16F2N6O2. The Morgan fingerprint density at radius 1 is 1.30 bits per heavy atom. The van der Waals surface area contributed by atoms with Gasteiger partial charge in [-0.1, -0.05) is 6.07 Å². The van der Waals surface area contributed by atoms with Crippen molar-refractivity contribution in [2.45, 2.75) is 6.43 Å². The lowest BCUT2D eigenvalue weighted by Gasteiger charge is -2.16. The van der Waals surface area contributed by atoms with Gasteiger partial charge in [-0.15, -0.1) is 5.10 Å². The van der Waals surface area contributed by atoms with Crippen molar-refractivity contribution < 1.29 is 22.4 Å². The highest BCUT2D eigenvalue weighted by molar-refractivity contribution is 5.98. The molecule has 0 fully saturated rings. The van der Waals surface area contributed by atoms with Crippen LogP contribution in [0.2, 0.25) is 0 Å². The minimum absolute atomic E-state index is 0.0259. The second-order valence-electron chi connectivity index (χ2n) is 5.83.